The first kappa shape index (κ1) is 18.1. The van der Waals surface area contributed by atoms with Crippen molar-refractivity contribution >= 4 is 22.8 Å². The number of piperidine rings is 1. The van der Waals surface area contributed by atoms with Gasteiger partial charge in [-0.05, 0) is 38.3 Å². The van der Waals surface area contributed by atoms with Crippen LogP contribution in [0.4, 0.5) is 0 Å². The molecule has 1 aliphatic heterocycles. The maximum absolute atomic E-state index is 12.3. The Morgan fingerprint density at radius 1 is 1.23 bits per heavy atom. The Kier molecular flexibility index (Phi) is 5.65. The largest absolute Gasteiger partial charge is 0.453 e. The second-order valence-electron chi connectivity index (χ2n) is 6.55. The van der Waals surface area contributed by atoms with E-state index in [0.717, 1.165) is 32.4 Å². The Bertz CT molecular complexity index is 855. The molecule has 1 N–H and O–H groups in total. The van der Waals surface area contributed by atoms with Crippen LogP contribution in [0.15, 0.2) is 29.1 Å². The maximum atomic E-state index is 12.3. The Labute approximate surface area is 151 Å². The summed E-state index contributed by atoms with van der Waals surface area (Å²) < 4.78 is 5.25. The molecule has 1 aromatic carbocycles. The Balaban J connectivity index is 1.55. The van der Waals surface area contributed by atoms with Gasteiger partial charge in [0.05, 0.1) is 17.3 Å². The summed E-state index contributed by atoms with van der Waals surface area (Å²) in [4.78, 5) is 45.2. The molecule has 0 spiro atoms. The number of aryl methyl sites for hydroxylation is 1. The van der Waals surface area contributed by atoms with Gasteiger partial charge in [0.15, 0.2) is 6.10 Å². The van der Waals surface area contributed by atoms with E-state index in [1.54, 1.807) is 36.1 Å². The molecule has 1 saturated heterocycles. The van der Waals surface area contributed by atoms with Crippen LogP contribution in [0.3, 0.4) is 0 Å². The number of nitrogens with one attached hydrogen (secondary N) is 1. The number of ether oxygens (including phenoxy) is 1. The van der Waals surface area contributed by atoms with E-state index in [1.807, 2.05) is 0 Å². The molecule has 7 heteroatoms. The minimum Gasteiger partial charge on any atom is -0.453 e. The SMILES string of the molecule is C[C@H](OC(=O)CCc1nc2ccccc2c(=O)[nH]1)C(=O)N1CCCCC1. The van der Waals surface area contributed by atoms with Gasteiger partial charge >= 0.3 is 5.97 Å². The summed E-state index contributed by atoms with van der Waals surface area (Å²) in [5.74, 6) is -0.186. The van der Waals surface area contributed by atoms with E-state index in [9.17, 15) is 14.4 Å². The average Bonchev–Trinajstić information content (AvgIpc) is 2.66. The summed E-state index contributed by atoms with van der Waals surface area (Å²) >= 11 is 0. The molecule has 1 fully saturated rings. The molecule has 7 nitrogen and oxygen atoms in total. The highest BCUT2D eigenvalue weighted by molar-refractivity contribution is 5.83. The van der Waals surface area contributed by atoms with Crippen molar-refractivity contribution in [1.82, 2.24) is 14.9 Å². The molecule has 1 aliphatic rings. The van der Waals surface area contributed by atoms with Gasteiger partial charge in [-0.25, -0.2) is 4.98 Å². The van der Waals surface area contributed by atoms with Gasteiger partial charge < -0.3 is 14.6 Å². The van der Waals surface area contributed by atoms with Crippen molar-refractivity contribution in [3.8, 4) is 0 Å². The third kappa shape index (κ3) is 4.28. The molecule has 3 rings (SSSR count). The number of nitrogens with zero attached hydrogens (tertiary/aromatic N) is 2. The smallest absolute Gasteiger partial charge is 0.307 e. The standard InChI is InChI=1S/C19H23N3O4/c1-13(19(25)22-11-5-2-6-12-22)26-17(23)10-9-16-20-15-8-4-3-7-14(15)18(24)21-16/h3-4,7-8,13H,2,5-6,9-12H2,1H3,(H,20,21,24)/t13-/m0/s1. The second kappa shape index (κ2) is 8.12. The Hall–Kier alpha value is -2.70. The number of rotatable bonds is 5. The molecule has 138 valence electrons. The number of fused-ring (bicyclic) bond motifs is 1. The van der Waals surface area contributed by atoms with Gasteiger partial charge in [0.25, 0.3) is 11.5 Å². The third-order valence-electron chi connectivity index (χ3n) is 4.55. The van der Waals surface area contributed by atoms with Crippen LogP contribution in [0.25, 0.3) is 10.9 Å². The Morgan fingerprint density at radius 3 is 2.73 bits per heavy atom. The number of carbonyl (C=O) groups excluding carboxylic acids is 2. The molecule has 0 bridgehead atoms. The summed E-state index contributed by atoms with van der Waals surface area (Å²) in [6, 6.07) is 7.04. The van der Waals surface area contributed by atoms with Crippen molar-refractivity contribution in [2.24, 2.45) is 0 Å². The number of carbonyl (C=O) groups is 2. The molecule has 0 radical (unpaired) electrons. The van der Waals surface area contributed by atoms with Gasteiger partial charge in [0, 0.05) is 19.5 Å². The number of likely N-dealkylation sites (tertiary alicyclic amines) is 1. The maximum Gasteiger partial charge on any atom is 0.307 e. The normalized spacial score (nSPS) is 15.7. The number of para-hydroxylation sites is 1. The first-order valence-corrected chi connectivity index (χ1v) is 9.01. The van der Waals surface area contributed by atoms with Crippen LogP contribution in [-0.2, 0) is 20.7 Å². The highest BCUT2D eigenvalue weighted by Gasteiger charge is 2.24. The first-order valence-electron chi connectivity index (χ1n) is 9.01. The lowest BCUT2D eigenvalue weighted by Gasteiger charge is -2.28. The number of benzene rings is 1. The van der Waals surface area contributed by atoms with E-state index >= 15 is 0 Å². The van der Waals surface area contributed by atoms with Crippen LogP contribution >= 0.6 is 0 Å². The molecule has 1 aromatic heterocycles. The minimum atomic E-state index is -0.788. The number of H-pyrrole nitrogens is 1. The minimum absolute atomic E-state index is 0.0545. The van der Waals surface area contributed by atoms with Gasteiger partial charge in [-0.15, -0.1) is 0 Å². The van der Waals surface area contributed by atoms with E-state index in [0.29, 0.717) is 16.7 Å². The van der Waals surface area contributed by atoms with Gasteiger partial charge in [0.2, 0.25) is 0 Å². The van der Waals surface area contributed by atoms with Crippen LogP contribution < -0.4 is 5.56 Å². The predicted octanol–water partition coefficient (Wildman–Crippen LogP) is 1.80. The van der Waals surface area contributed by atoms with E-state index in [-0.39, 0.29) is 24.3 Å². The topological polar surface area (TPSA) is 92.4 Å². The molecule has 2 aromatic rings. The van der Waals surface area contributed by atoms with Crippen LogP contribution in [0.5, 0.6) is 0 Å². The lowest BCUT2D eigenvalue weighted by Crippen LogP contribution is -2.42. The first-order chi connectivity index (χ1) is 12.5. The van der Waals surface area contributed by atoms with Gasteiger partial charge in [-0.1, -0.05) is 12.1 Å². The van der Waals surface area contributed by atoms with Crippen LogP contribution in [0, 0.1) is 0 Å². The quantitative estimate of drug-likeness (QED) is 0.824. The molecule has 0 aliphatic carbocycles. The van der Waals surface area contributed by atoms with Crippen LogP contribution in [0.2, 0.25) is 0 Å². The zero-order chi connectivity index (χ0) is 18.5. The third-order valence-corrected chi connectivity index (χ3v) is 4.55. The van der Waals surface area contributed by atoms with Crippen molar-refractivity contribution in [2.75, 3.05) is 13.1 Å². The molecule has 26 heavy (non-hydrogen) atoms. The summed E-state index contributed by atoms with van der Waals surface area (Å²) in [5, 5.41) is 0.513. The summed E-state index contributed by atoms with van der Waals surface area (Å²) in [7, 11) is 0. The van der Waals surface area contributed by atoms with Gasteiger partial charge in [-0.3, -0.25) is 14.4 Å². The number of aromatic nitrogens is 2. The van der Waals surface area contributed by atoms with Crippen molar-refractivity contribution in [3.05, 3.63) is 40.4 Å². The number of hydrogen-bond acceptors (Lipinski definition) is 5. The summed E-state index contributed by atoms with van der Waals surface area (Å²) in [5.41, 5.74) is 0.362. The number of esters is 1. The molecule has 0 saturated carbocycles. The zero-order valence-corrected chi connectivity index (χ0v) is 14.9. The van der Waals surface area contributed by atoms with Gasteiger partial charge in [-0.2, -0.15) is 0 Å². The predicted molar refractivity (Wildman–Crippen MR) is 96.7 cm³/mol. The van der Waals surface area contributed by atoms with Crippen molar-refractivity contribution in [1.29, 1.82) is 0 Å². The van der Waals surface area contributed by atoms with Crippen molar-refractivity contribution in [3.63, 3.8) is 0 Å². The summed E-state index contributed by atoms with van der Waals surface area (Å²) in [6.45, 7) is 3.05. The van der Waals surface area contributed by atoms with E-state index < -0.39 is 12.1 Å². The summed E-state index contributed by atoms with van der Waals surface area (Å²) in [6.07, 6.45) is 2.64. The average molecular weight is 357 g/mol. The monoisotopic (exact) mass is 357 g/mol. The fourth-order valence-electron chi connectivity index (χ4n) is 3.15. The van der Waals surface area contributed by atoms with Crippen LogP contribution in [-0.4, -0.2) is 45.9 Å². The lowest BCUT2D eigenvalue weighted by atomic mass is 10.1. The molecular weight excluding hydrogens is 334 g/mol. The molecule has 0 unspecified atom stereocenters. The highest BCUT2D eigenvalue weighted by atomic mass is 16.5. The van der Waals surface area contributed by atoms with Crippen LogP contribution in [0.1, 0.15) is 38.4 Å². The number of aromatic amines is 1. The number of hydrogen-bond donors (Lipinski definition) is 1. The highest BCUT2D eigenvalue weighted by Crippen LogP contribution is 2.12. The van der Waals surface area contributed by atoms with Crippen molar-refractivity contribution < 1.29 is 14.3 Å². The molecular formula is C19H23N3O4. The molecule has 1 amide bonds. The second-order valence-corrected chi connectivity index (χ2v) is 6.55. The zero-order valence-electron chi connectivity index (χ0n) is 14.9. The Morgan fingerprint density at radius 2 is 1.96 bits per heavy atom. The fourth-order valence-corrected chi connectivity index (χ4v) is 3.15. The fraction of sp³-hybridized carbons (Fsp3) is 0.474. The molecule has 1 atom stereocenters. The van der Waals surface area contributed by atoms with Crippen molar-refractivity contribution in [2.45, 2.75) is 45.1 Å². The van der Waals surface area contributed by atoms with E-state index in [4.69, 9.17) is 4.74 Å². The lowest BCUT2D eigenvalue weighted by molar-refractivity contribution is -0.159. The number of amides is 1. The van der Waals surface area contributed by atoms with Gasteiger partial charge in [0.1, 0.15) is 5.82 Å². The van der Waals surface area contributed by atoms with E-state index in [2.05, 4.69) is 9.97 Å². The molecule has 2 heterocycles. The van der Waals surface area contributed by atoms with E-state index in [1.165, 1.54) is 0 Å².